The molecular weight excluding hydrogens is 269 g/mol. The predicted molar refractivity (Wildman–Crippen MR) is 81.5 cm³/mol. The summed E-state index contributed by atoms with van der Waals surface area (Å²) in [4.78, 5) is 6.80. The van der Waals surface area contributed by atoms with Crippen LogP contribution in [0.1, 0.15) is 12.5 Å². The monoisotopic (exact) mass is 287 g/mol. The van der Waals surface area contributed by atoms with Crippen LogP contribution in [0.3, 0.4) is 0 Å². The van der Waals surface area contributed by atoms with Gasteiger partial charge in [-0.25, -0.2) is 0 Å². The third-order valence-corrected chi connectivity index (χ3v) is 3.53. The van der Waals surface area contributed by atoms with Crippen LogP contribution in [0.15, 0.2) is 23.2 Å². The van der Waals surface area contributed by atoms with Crippen molar-refractivity contribution < 1.29 is 0 Å². The van der Waals surface area contributed by atoms with Crippen LogP contribution in [-0.2, 0) is 0 Å². The third kappa shape index (κ3) is 3.30. The number of rotatable bonds is 4. The fourth-order valence-electron chi connectivity index (χ4n) is 2.01. The Morgan fingerprint density at radius 2 is 2.22 bits per heavy atom. The van der Waals surface area contributed by atoms with Gasteiger partial charge in [0.1, 0.15) is 5.84 Å². The molecule has 100 valence electrons. The van der Waals surface area contributed by atoms with Crippen LogP contribution in [0.2, 0.25) is 5.02 Å². The lowest BCUT2D eigenvalue weighted by Crippen LogP contribution is -2.32. The molecule has 0 amide bonds. The lowest BCUT2D eigenvalue weighted by Gasteiger charge is -2.19. The van der Waals surface area contributed by atoms with Gasteiger partial charge < -0.3 is 10.2 Å². The summed E-state index contributed by atoms with van der Waals surface area (Å²) in [5, 5.41) is 4.20. The first-order valence-corrected chi connectivity index (χ1v) is 6.37. The van der Waals surface area contributed by atoms with Crippen molar-refractivity contribution in [3.05, 3.63) is 28.8 Å². The molecule has 5 heteroatoms. The van der Waals surface area contributed by atoms with Gasteiger partial charge in [-0.15, -0.1) is 12.4 Å². The van der Waals surface area contributed by atoms with Crippen molar-refractivity contribution in [2.75, 3.05) is 31.5 Å². The minimum absolute atomic E-state index is 0. The van der Waals surface area contributed by atoms with Crippen molar-refractivity contribution in [2.24, 2.45) is 4.99 Å². The standard InChI is InChI=1S/C13H18ClN3.ClH/c1-3-17-8-7-15-13(17)9-16-12-6-4-5-11(14)10(12)2;/h4-6,16H,3,7-9H2,1-2H3;1H. The van der Waals surface area contributed by atoms with E-state index in [1.807, 2.05) is 25.1 Å². The van der Waals surface area contributed by atoms with E-state index in [0.717, 1.165) is 48.3 Å². The van der Waals surface area contributed by atoms with Crippen molar-refractivity contribution in [3.8, 4) is 0 Å². The molecular formula is C13H19Cl2N3. The Balaban J connectivity index is 0.00000162. The summed E-state index contributed by atoms with van der Waals surface area (Å²) in [6.45, 7) is 7.94. The van der Waals surface area contributed by atoms with E-state index in [1.165, 1.54) is 0 Å². The molecule has 0 atom stereocenters. The minimum Gasteiger partial charge on any atom is -0.378 e. The zero-order chi connectivity index (χ0) is 12.3. The Kier molecular flexibility index (Phi) is 5.76. The maximum atomic E-state index is 6.08. The van der Waals surface area contributed by atoms with E-state index in [4.69, 9.17) is 11.6 Å². The van der Waals surface area contributed by atoms with Crippen molar-refractivity contribution >= 4 is 35.5 Å². The SMILES string of the molecule is CCN1CCN=C1CNc1cccc(Cl)c1C.Cl. The molecule has 0 spiro atoms. The fourth-order valence-corrected chi connectivity index (χ4v) is 2.18. The van der Waals surface area contributed by atoms with E-state index in [9.17, 15) is 0 Å². The summed E-state index contributed by atoms with van der Waals surface area (Å²) < 4.78 is 0. The molecule has 0 unspecified atom stereocenters. The molecule has 1 aromatic rings. The average Bonchev–Trinajstić information content (AvgIpc) is 2.78. The number of likely N-dealkylation sites (N-methyl/N-ethyl adjacent to an activating group) is 1. The van der Waals surface area contributed by atoms with E-state index < -0.39 is 0 Å². The second kappa shape index (κ2) is 6.86. The van der Waals surface area contributed by atoms with Crippen molar-refractivity contribution in [3.63, 3.8) is 0 Å². The second-order valence-electron chi connectivity index (χ2n) is 4.14. The van der Waals surface area contributed by atoms with Gasteiger partial charge in [0.15, 0.2) is 0 Å². The molecule has 1 aliphatic heterocycles. The number of nitrogens with one attached hydrogen (secondary N) is 1. The van der Waals surface area contributed by atoms with E-state index in [1.54, 1.807) is 0 Å². The van der Waals surface area contributed by atoms with Gasteiger partial charge >= 0.3 is 0 Å². The van der Waals surface area contributed by atoms with Crippen molar-refractivity contribution in [2.45, 2.75) is 13.8 Å². The third-order valence-electron chi connectivity index (χ3n) is 3.12. The van der Waals surface area contributed by atoms with Crippen LogP contribution >= 0.6 is 24.0 Å². The summed E-state index contributed by atoms with van der Waals surface area (Å²) in [6, 6.07) is 5.92. The highest BCUT2D eigenvalue weighted by Gasteiger charge is 2.14. The second-order valence-corrected chi connectivity index (χ2v) is 4.55. The highest BCUT2D eigenvalue weighted by molar-refractivity contribution is 6.31. The Morgan fingerprint density at radius 1 is 1.44 bits per heavy atom. The van der Waals surface area contributed by atoms with Gasteiger partial charge in [0.25, 0.3) is 0 Å². The quantitative estimate of drug-likeness (QED) is 0.921. The van der Waals surface area contributed by atoms with Crippen LogP contribution in [0.25, 0.3) is 0 Å². The molecule has 2 rings (SSSR count). The average molecular weight is 288 g/mol. The van der Waals surface area contributed by atoms with Gasteiger partial charge in [-0.1, -0.05) is 17.7 Å². The highest BCUT2D eigenvalue weighted by atomic mass is 35.5. The maximum absolute atomic E-state index is 6.08. The predicted octanol–water partition coefficient (Wildman–Crippen LogP) is 3.22. The lowest BCUT2D eigenvalue weighted by atomic mass is 10.2. The van der Waals surface area contributed by atoms with E-state index in [2.05, 4.69) is 22.1 Å². The van der Waals surface area contributed by atoms with Crippen LogP contribution in [-0.4, -0.2) is 36.9 Å². The van der Waals surface area contributed by atoms with Gasteiger partial charge in [0.2, 0.25) is 0 Å². The maximum Gasteiger partial charge on any atom is 0.118 e. The van der Waals surface area contributed by atoms with Crippen molar-refractivity contribution in [1.29, 1.82) is 0 Å². The summed E-state index contributed by atoms with van der Waals surface area (Å²) in [5.41, 5.74) is 2.18. The number of halogens is 2. The van der Waals surface area contributed by atoms with Gasteiger partial charge in [-0.05, 0) is 31.5 Å². The number of hydrogen-bond acceptors (Lipinski definition) is 3. The number of nitrogens with zero attached hydrogens (tertiary/aromatic N) is 2. The zero-order valence-corrected chi connectivity index (χ0v) is 12.3. The van der Waals surface area contributed by atoms with Gasteiger partial charge in [0, 0.05) is 23.8 Å². The van der Waals surface area contributed by atoms with E-state index in [-0.39, 0.29) is 12.4 Å². The molecule has 0 aromatic heterocycles. The number of hydrogen-bond donors (Lipinski definition) is 1. The summed E-state index contributed by atoms with van der Waals surface area (Å²) >= 11 is 6.08. The normalized spacial score (nSPS) is 14.2. The van der Waals surface area contributed by atoms with Crippen LogP contribution < -0.4 is 5.32 Å². The Bertz CT molecular complexity index is 432. The smallest absolute Gasteiger partial charge is 0.118 e. The first-order valence-electron chi connectivity index (χ1n) is 5.99. The number of benzene rings is 1. The summed E-state index contributed by atoms with van der Waals surface area (Å²) in [7, 11) is 0. The molecule has 1 aliphatic rings. The Labute approximate surface area is 120 Å². The molecule has 0 aliphatic carbocycles. The molecule has 0 fully saturated rings. The van der Waals surface area contributed by atoms with E-state index in [0.29, 0.717) is 0 Å². The minimum atomic E-state index is 0. The summed E-state index contributed by atoms with van der Waals surface area (Å²) in [6.07, 6.45) is 0. The lowest BCUT2D eigenvalue weighted by molar-refractivity contribution is 0.479. The fraction of sp³-hybridized carbons (Fsp3) is 0.462. The molecule has 1 heterocycles. The largest absolute Gasteiger partial charge is 0.378 e. The number of amidine groups is 1. The molecule has 3 nitrogen and oxygen atoms in total. The number of anilines is 1. The van der Waals surface area contributed by atoms with Crippen molar-refractivity contribution in [1.82, 2.24) is 4.90 Å². The first-order chi connectivity index (χ1) is 8.22. The topological polar surface area (TPSA) is 27.6 Å². The van der Waals surface area contributed by atoms with Gasteiger partial charge in [-0.2, -0.15) is 0 Å². The Hall–Kier alpha value is -0.930. The zero-order valence-electron chi connectivity index (χ0n) is 10.7. The highest BCUT2D eigenvalue weighted by Crippen LogP contribution is 2.22. The van der Waals surface area contributed by atoms with Crippen LogP contribution in [0, 0.1) is 6.92 Å². The molecule has 0 radical (unpaired) electrons. The molecule has 0 saturated carbocycles. The summed E-state index contributed by atoms with van der Waals surface area (Å²) in [5.74, 6) is 1.15. The first kappa shape index (κ1) is 15.1. The molecule has 0 bridgehead atoms. The van der Waals surface area contributed by atoms with Gasteiger partial charge in [0.05, 0.1) is 13.1 Å². The van der Waals surface area contributed by atoms with E-state index >= 15 is 0 Å². The molecule has 1 aromatic carbocycles. The Morgan fingerprint density at radius 3 is 2.94 bits per heavy atom. The molecule has 18 heavy (non-hydrogen) atoms. The van der Waals surface area contributed by atoms with Crippen LogP contribution in [0.4, 0.5) is 5.69 Å². The molecule has 1 N–H and O–H groups in total. The number of aliphatic imine (C=N–C) groups is 1. The van der Waals surface area contributed by atoms with Crippen LogP contribution in [0.5, 0.6) is 0 Å². The molecule has 0 saturated heterocycles. The van der Waals surface area contributed by atoms with Gasteiger partial charge in [-0.3, -0.25) is 4.99 Å².